The number of nitrogens with one attached hydrogen (secondary N) is 1. The highest BCUT2D eigenvalue weighted by Crippen LogP contribution is 2.31. The first-order valence-corrected chi connectivity index (χ1v) is 7.76. The highest BCUT2D eigenvalue weighted by Gasteiger charge is 2.16. The van der Waals surface area contributed by atoms with Crippen molar-refractivity contribution in [1.82, 2.24) is 0 Å². The Morgan fingerprint density at radius 1 is 1.05 bits per heavy atom. The van der Waals surface area contributed by atoms with Gasteiger partial charge in [0.05, 0.1) is 0 Å². The zero-order valence-electron chi connectivity index (χ0n) is 11.7. The average molecular weight is 291 g/mol. The van der Waals surface area contributed by atoms with E-state index in [-0.39, 0.29) is 0 Å². The van der Waals surface area contributed by atoms with E-state index in [0.717, 1.165) is 5.69 Å². The predicted octanol–water partition coefficient (Wildman–Crippen LogP) is 4.21. The minimum atomic E-state index is 1.16. The van der Waals surface area contributed by atoms with Gasteiger partial charge in [0.15, 0.2) is 0 Å². The predicted molar refractivity (Wildman–Crippen MR) is 90.1 cm³/mol. The molecule has 0 aliphatic carbocycles. The van der Waals surface area contributed by atoms with Crippen LogP contribution in [0.3, 0.4) is 0 Å². The van der Waals surface area contributed by atoms with Crippen LogP contribution in [0.25, 0.3) is 21.9 Å². The maximum atomic E-state index is 3.29. The van der Waals surface area contributed by atoms with Crippen molar-refractivity contribution >= 4 is 38.9 Å². The molecule has 2 nitrogen and oxygen atoms in total. The molecule has 1 aliphatic heterocycles. The Bertz CT molecular complexity index is 887. The Hall–Kier alpha value is -2.39. The molecule has 0 saturated heterocycles. The van der Waals surface area contributed by atoms with Crippen molar-refractivity contribution < 1.29 is 4.57 Å². The summed E-state index contributed by atoms with van der Waals surface area (Å²) >= 11 is 1.82. The number of nitrogens with zero attached hydrogens (tertiary/aromatic N) is 1. The lowest BCUT2D eigenvalue weighted by Crippen LogP contribution is -2.28. The summed E-state index contributed by atoms with van der Waals surface area (Å²) in [6.45, 7) is 0. The molecule has 2 heterocycles. The van der Waals surface area contributed by atoms with Crippen LogP contribution in [0, 0.1) is 0 Å². The third-order valence-electron chi connectivity index (χ3n) is 3.79. The van der Waals surface area contributed by atoms with Gasteiger partial charge in [-0.2, -0.15) is 4.57 Å². The summed E-state index contributed by atoms with van der Waals surface area (Å²) in [4.78, 5) is 0. The van der Waals surface area contributed by atoms with Crippen LogP contribution in [0.2, 0.25) is 0 Å². The number of para-hydroxylation sites is 2. The molecule has 4 rings (SSSR count). The minimum absolute atomic E-state index is 1.16. The number of aryl methyl sites for hydroxylation is 1. The first-order valence-electron chi connectivity index (χ1n) is 6.95. The van der Waals surface area contributed by atoms with Crippen molar-refractivity contribution in [2.75, 3.05) is 5.32 Å². The summed E-state index contributed by atoms with van der Waals surface area (Å²) in [5.41, 5.74) is 4.93. The van der Waals surface area contributed by atoms with Gasteiger partial charge in [0, 0.05) is 29.6 Å². The quantitative estimate of drug-likeness (QED) is 0.664. The maximum absolute atomic E-state index is 3.29. The van der Waals surface area contributed by atoms with Gasteiger partial charge >= 0.3 is 0 Å². The number of allylic oxidation sites excluding steroid dienone is 2. The van der Waals surface area contributed by atoms with Gasteiger partial charge in [-0.15, -0.1) is 0 Å². The van der Waals surface area contributed by atoms with Gasteiger partial charge in [-0.25, -0.2) is 0 Å². The summed E-state index contributed by atoms with van der Waals surface area (Å²) in [6.07, 6.45) is 6.40. The van der Waals surface area contributed by atoms with E-state index in [1.54, 1.807) is 0 Å². The SMILES string of the molecule is C[n+]1c(/C=C2\C=CNc3ccccc32)sc2ccccc21. The molecule has 0 bridgehead atoms. The van der Waals surface area contributed by atoms with E-state index in [2.05, 4.69) is 77.6 Å². The molecule has 3 heteroatoms. The molecule has 2 aromatic carbocycles. The smallest absolute Gasteiger partial charge is 0.263 e. The first kappa shape index (κ1) is 12.4. The van der Waals surface area contributed by atoms with E-state index in [1.165, 1.54) is 26.4 Å². The lowest BCUT2D eigenvalue weighted by molar-refractivity contribution is -0.642. The van der Waals surface area contributed by atoms with E-state index in [4.69, 9.17) is 0 Å². The van der Waals surface area contributed by atoms with Crippen LogP contribution in [0.4, 0.5) is 5.69 Å². The second kappa shape index (κ2) is 4.86. The molecule has 3 aromatic rings. The first-order chi connectivity index (χ1) is 10.3. The number of thiazole rings is 1. The highest BCUT2D eigenvalue weighted by molar-refractivity contribution is 7.18. The van der Waals surface area contributed by atoms with Crippen LogP contribution in [-0.2, 0) is 7.05 Å². The summed E-state index contributed by atoms with van der Waals surface area (Å²) in [5, 5.41) is 4.55. The largest absolute Gasteiger partial charge is 0.361 e. The third kappa shape index (κ3) is 2.06. The van der Waals surface area contributed by atoms with Gasteiger partial charge in [0.25, 0.3) is 5.01 Å². The van der Waals surface area contributed by atoms with Crippen LogP contribution in [0.5, 0.6) is 0 Å². The fraction of sp³-hybridized carbons (Fsp3) is 0.0556. The molecule has 1 aromatic heterocycles. The molecule has 0 saturated carbocycles. The summed E-state index contributed by atoms with van der Waals surface area (Å²) in [5.74, 6) is 0. The molecule has 102 valence electrons. The van der Waals surface area contributed by atoms with Gasteiger partial charge < -0.3 is 5.32 Å². The second-order valence-electron chi connectivity index (χ2n) is 5.09. The van der Waals surface area contributed by atoms with Gasteiger partial charge in [-0.1, -0.05) is 41.7 Å². The number of fused-ring (bicyclic) bond motifs is 2. The Balaban J connectivity index is 1.88. The monoisotopic (exact) mass is 291 g/mol. The van der Waals surface area contributed by atoms with E-state index in [1.807, 2.05) is 17.5 Å². The van der Waals surface area contributed by atoms with Crippen LogP contribution < -0.4 is 9.88 Å². The number of rotatable bonds is 1. The van der Waals surface area contributed by atoms with Crippen LogP contribution >= 0.6 is 11.3 Å². The van der Waals surface area contributed by atoms with Crippen molar-refractivity contribution in [1.29, 1.82) is 0 Å². The lowest BCUT2D eigenvalue weighted by Gasteiger charge is -2.14. The Morgan fingerprint density at radius 2 is 1.86 bits per heavy atom. The van der Waals surface area contributed by atoms with E-state index >= 15 is 0 Å². The summed E-state index contributed by atoms with van der Waals surface area (Å²) in [6, 6.07) is 16.9. The number of benzene rings is 2. The number of hydrogen-bond donors (Lipinski definition) is 1. The maximum Gasteiger partial charge on any atom is 0.263 e. The van der Waals surface area contributed by atoms with E-state index < -0.39 is 0 Å². The van der Waals surface area contributed by atoms with Crippen molar-refractivity contribution in [3.63, 3.8) is 0 Å². The van der Waals surface area contributed by atoms with Crippen LogP contribution in [0.15, 0.2) is 60.8 Å². The Labute approximate surface area is 127 Å². The molecule has 0 atom stereocenters. The minimum Gasteiger partial charge on any atom is -0.361 e. The molecule has 0 fully saturated rings. The third-order valence-corrected chi connectivity index (χ3v) is 4.96. The summed E-state index contributed by atoms with van der Waals surface area (Å²) in [7, 11) is 2.13. The molecule has 1 aliphatic rings. The number of anilines is 1. The molecule has 0 unspecified atom stereocenters. The van der Waals surface area contributed by atoms with Crippen LogP contribution in [-0.4, -0.2) is 0 Å². The van der Waals surface area contributed by atoms with Gasteiger partial charge in [-0.3, -0.25) is 0 Å². The molecule has 1 N–H and O–H groups in total. The van der Waals surface area contributed by atoms with E-state index in [0.29, 0.717) is 0 Å². The zero-order chi connectivity index (χ0) is 14.2. The fourth-order valence-electron chi connectivity index (χ4n) is 2.68. The molecular weight excluding hydrogens is 276 g/mol. The Morgan fingerprint density at radius 3 is 2.76 bits per heavy atom. The second-order valence-corrected chi connectivity index (χ2v) is 6.15. The van der Waals surface area contributed by atoms with Gasteiger partial charge in [-0.05, 0) is 23.8 Å². The van der Waals surface area contributed by atoms with Gasteiger partial charge in [0.1, 0.15) is 11.7 Å². The number of hydrogen-bond acceptors (Lipinski definition) is 2. The molecule has 21 heavy (non-hydrogen) atoms. The van der Waals surface area contributed by atoms with Gasteiger partial charge in [0.2, 0.25) is 5.52 Å². The normalized spacial score (nSPS) is 15.2. The summed E-state index contributed by atoms with van der Waals surface area (Å²) < 4.78 is 3.57. The zero-order valence-corrected chi connectivity index (χ0v) is 12.5. The van der Waals surface area contributed by atoms with Crippen molar-refractivity contribution in [3.05, 3.63) is 71.4 Å². The fourth-order valence-corrected chi connectivity index (χ4v) is 3.78. The van der Waals surface area contributed by atoms with Crippen LogP contribution in [0.1, 0.15) is 10.6 Å². The Kier molecular flexibility index (Phi) is 2.86. The van der Waals surface area contributed by atoms with E-state index in [9.17, 15) is 0 Å². The molecular formula is C18H15N2S+. The van der Waals surface area contributed by atoms with Crippen molar-refractivity contribution in [3.8, 4) is 0 Å². The lowest BCUT2D eigenvalue weighted by atomic mass is 10.0. The van der Waals surface area contributed by atoms with Crippen molar-refractivity contribution in [2.45, 2.75) is 0 Å². The standard InChI is InChI=1S/C18H14N2S/c1-20-16-8-4-5-9-17(16)21-18(20)12-13-10-11-19-15-7-3-2-6-14(13)15/h2-12H,1H3/p+1. The molecule has 0 spiro atoms. The topological polar surface area (TPSA) is 15.9 Å². The molecule has 0 radical (unpaired) electrons. The highest BCUT2D eigenvalue weighted by atomic mass is 32.1. The average Bonchev–Trinajstić information content (AvgIpc) is 2.85. The molecule has 0 amide bonds. The number of aromatic nitrogens is 1. The van der Waals surface area contributed by atoms with Crippen molar-refractivity contribution in [2.24, 2.45) is 7.05 Å².